The number of hydrogen-bond donors (Lipinski definition) is 4. The van der Waals surface area contributed by atoms with Crippen LogP contribution in [-0.4, -0.2) is 53.7 Å². The predicted molar refractivity (Wildman–Crippen MR) is 110 cm³/mol. The number of nitrogens with two attached hydrogens (primary N) is 2. The van der Waals surface area contributed by atoms with Crippen LogP contribution in [0.3, 0.4) is 0 Å². The molecule has 0 fully saturated rings. The second kappa shape index (κ2) is 15.5. The van der Waals surface area contributed by atoms with Gasteiger partial charge in [-0.25, -0.2) is 0 Å². The number of nitrogens with one attached hydrogen (secondary N) is 2. The van der Waals surface area contributed by atoms with Crippen molar-refractivity contribution in [3.8, 4) is 0 Å². The molecule has 1 aromatic heterocycles. The van der Waals surface area contributed by atoms with E-state index in [0.717, 1.165) is 0 Å². The van der Waals surface area contributed by atoms with E-state index < -0.39 is 41.6 Å². The summed E-state index contributed by atoms with van der Waals surface area (Å²) in [4.78, 5) is 57.1. The summed E-state index contributed by atoms with van der Waals surface area (Å²) in [5.41, 5.74) is 11.2. The van der Waals surface area contributed by atoms with Gasteiger partial charge in [0.2, 0.25) is 11.8 Å². The second-order valence-corrected chi connectivity index (χ2v) is 7.79. The molecule has 1 radical (unpaired) electrons. The summed E-state index contributed by atoms with van der Waals surface area (Å²) in [6.07, 6.45) is 4.10. The molecule has 1 heterocycles. The number of aromatic nitrogens is 2. The van der Waals surface area contributed by atoms with Gasteiger partial charge in [-0.3, -0.25) is 14.4 Å². The molecule has 2 amide bonds. The Labute approximate surface area is 198 Å². The fourth-order valence-corrected chi connectivity index (χ4v) is 3.13. The Bertz CT molecular complexity index is 728. The van der Waals surface area contributed by atoms with Crippen molar-refractivity contribution in [1.29, 1.82) is 0 Å². The maximum atomic E-state index is 13.2. The summed E-state index contributed by atoms with van der Waals surface area (Å²) in [6.45, 7) is 3.85. The zero-order valence-electron chi connectivity index (χ0n) is 18.3. The summed E-state index contributed by atoms with van der Waals surface area (Å²) in [7, 11) is 0. The first kappa shape index (κ1) is 29.7. The normalized spacial score (nSPS) is 13.5. The minimum atomic E-state index is -1.52. The predicted octanol–water partition coefficient (Wildman–Crippen LogP) is -2.38. The fraction of sp³-hybridized carbons (Fsp3) is 0.650. The van der Waals surface area contributed by atoms with Gasteiger partial charge in [-0.15, -0.1) is 0 Å². The zero-order chi connectivity index (χ0) is 23.4. The van der Waals surface area contributed by atoms with E-state index >= 15 is 0 Å². The van der Waals surface area contributed by atoms with Crippen LogP contribution in [-0.2, 0) is 42.7 Å². The molecule has 0 bridgehead atoms. The van der Waals surface area contributed by atoms with Crippen LogP contribution < -0.4 is 32.2 Å². The van der Waals surface area contributed by atoms with Gasteiger partial charge >= 0.3 is 17.1 Å². The molecule has 12 heteroatoms. The van der Waals surface area contributed by atoms with Gasteiger partial charge in [-0.05, 0) is 38.1 Å². The number of hydrogen-bond acceptors (Lipinski definition) is 8. The smallest absolute Gasteiger partial charge is 0.549 e. The molecule has 0 spiro atoms. The quantitative estimate of drug-likeness (QED) is 0.116. The Hall–Kier alpha value is -2.27. The molecule has 0 saturated heterocycles. The van der Waals surface area contributed by atoms with E-state index in [1.54, 1.807) is 0 Å². The fourth-order valence-electron chi connectivity index (χ4n) is 3.13. The number of ketones is 1. The van der Waals surface area contributed by atoms with Crippen molar-refractivity contribution in [2.24, 2.45) is 23.3 Å². The Morgan fingerprint density at radius 1 is 1.12 bits per heavy atom. The van der Waals surface area contributed by atoms with Crippen molar-refractivity contribution in [3.63, 3.8) is 0 Å². The summed E-state index contributed by atoms with van der Waals surface area (Å²) in [6, 6.07) is -2.01. The van der Waals surface area contributed by atoms with Gasteiger partial charge in [0.05, 0.1) is 30.5 Å². The van der Waals surface area contributed by atoms with Gasteiger partial charge in [0, 0.05) is 0 Å². The first-order valence-corrected chi connectivity index (χ1v) is 10.4. The van der Waals surface area contributed by atoms with E-state index in [0.29, 0.717) is 31.5 Å². The maximum absolute atomic E-state index is 13.2. The molecule has 0 aliphatic heterocycles. The molecule has 6 N–H and O–H groups in total. The number of rotatable bonds is 15. The summed E-state index contributed by atoms with van der Waals surface area (Å²) < 4.78 is 0. The molecular formula is C20H32CuN6O5. The summed E-state index contributed by atoms with van der Waals surface area (Å²) in [5, 5.41) is 16.6. The molecular weight excluding hydrogens is 468 g/mol. The van der Waals surface area contributed by atoms with Crippen molar-refractivity contribution in [2.45, 2.75) is 58.0 Å². The van der Waals surface area contributed by atoms with E-state index in [1.807, 2.05) is 13.8 Å². The maximum Gasteiger partial charge on any atom is 2.00 e. The molecule has 3 unspecified atom stereocenters. The van der Waals surface area contributed by atoms with Crippen LogP contribution >= 0.6 is 0 Å². The molecule has 1 aromatic rings. The van der Waals surface area contributed by atoms with Crippen LogP contribution in [0.5, 0.6) is 0 Å². The van der Waals surface area contributed by atoms with Crippen molar-refractivity contribution in [3.05, 3.63) is 18.2 Å². The number of nitrogens with zero attached hydrogens (tertiary/aromatic N) is 2. The van der Waals surface area contributed by atoms with E-state index in [1.165, 1.54) is 12.5 Å². The van der Waals surface area contributed by atoms with E-state index in [4.69, 9.17) is 11.5 Å². The van der Waals surface area contributed by atoms with Gasteiger partial charge < -0.3 is 42.0 Å². The van der Waals surface area contributed by atoms with Crippen LogP contribution in [0.15, 0.2) is 12.5 Å². The monoisotopic (exact) mass is 499 g/mol. The van der Waals surface area contributed by atoms with Crippen LogP contribution in [0.1, 0.15) is 45.2 Å². The number of unbranched alkanes of at least 4 members (excludes halogenated alkanes) is 1. The minimum absolute atomic E-state index is 0. The van der Waals surface area contributed by atoms with E-state index in [-0.39, 0.29) is 42.4 Å². The van der Waals surface area contributed by atoms with Gasteiger partial charge in [0.1, 0.15) is 0 Å². The Morgan fingerprint density at radius 2 is 1.81 bits per heavy atom. The summed E-state index contributed by atoms with van der Waals surface area (Å²) in [5.74, 6) is -4.69. The second-order valence-electron chi connectivity index (χ2n) is 7.79. The van der Waals surface area contributed by atoms with Crippen molar-refractivity contribution >= 4 is 23.6 Å². The first-order chi connectivity index (χ1) is 14.7. The Balaban J connectivity index is 0.00000961. The first-order valence-electron chi connectivity index (χ1n) is 10.4. The summed E-state index contributed by atoms with van der Waals surface area (Å²) >= 11 is 0. The molecule has 32 heavy (non-hydrogen) atoms. The Morgan fingerprint density at radius 3 is 2.31 bits per heavy atom. The van der Waals surface area contributed by atoms with Gasteiger partial charge in [-0.1, -0.05) is 38.5 Å². The number of imidazole rings is 1. The minimum Gasteiger partial charge on any atom is -0.549 e. The molecule has 183 valence electrons. The van der Waals surface area contributed by atoms with E-state index in [2.05, 4.69) is 20.6 Å². The molecule has 0 aliphatic carbocycles. The van der Waals surface area contributed by atoms with Crippen LogP contribution in [0, 0.1) is 11.8 Å². The molecule has 0 aliphatic rings. The number of aliphatic carboxylic acids is 1. The average Bonchev–Trinajstić information content (AvgIpc) is 3.21. The van der Waals surface area contributed by atoms with E-state index in [9.17, 15) is 24.3 Å². The van der Waals surface area contributed by atoms with Crippen molar-refractivity contribution in [2.75, 3.05) is 13.1 Å². The molecule has 3 atom stereocenters. The van der Waals surface area contributed by atoms with Crippen LogP contribution in [0.4, 0.5) is 0 Å². The SMILES string of the molecule is CC(C)CC(NC(=O)CN)C(=O)C(Cc1c[n-]cn1)NC(=O)C(CCCCN)C(=O)[O-].[Cu+2]. The standard InChI is InChI=1S/C20H34N6O5.Cu/c1-12(2)7-15(25-17(27)9-22)18(28)16(8-13-10-23-11-24-13)26-19(29)14(20(30)31)5-3-4-6-21;/h10-12,14-16H,3-9,21-22H2,1-2H3,(H4,23,24,25,26,27,29,30,31);/q;+2/p-2. The van der Waals surface area contributed by atoms with Gasteiger partial charge in [0.15, 0.2) is 5.78 Å². The molecule has 0 saturated carbocycles. The number of Topliss-reactive ketones (excluding diaryl/α,β-unsaturated/α-hetero) is 1. The number of carbonyl (C=O) groups is 4. The van der Waals surface area contributed by atoms with Crippen molar-refractivity contribution in [1.82, 2.24) is 20.6 Å². The number of amides is 2. The van der Waals surface area contributed by atoms with Gasteiger partial charge in [-0.2, -0.15) is 0 Å². The zero-order valence-corrected chi connectivity index (χ0v) is 19.2. The molecule has 1 rings (SSSR count). The molecule has 0 aromatic carbocycles. The number of carbonyl (C=O) groups excluding carboxylic acids is 4. The third-order valence-electron chi connectivity index (χ3n) is 4.71. The molecule has 11 nitrogen and oxygen atoms in total. The van der Waals surface area contributed by atoms with Crippen LogP contribution in [0.25, 0.3) is 0 Å². The third kappa shape index (κ3) is 10.4. The van der Waals surface area contributed by atoms with Crippen LogP contribution in [0.2, 0.25) is 0 Å². The van der Waals surface area contributed by atoms with Crippen molar-refractivity contribution < 1.29 is 41.4 Å². The van der Waals surface area contributed by atoms with Gasteiger partial charge in [0.25, 0.3) is 0 Å². The number of carboxylic acid groups (broad SMARTS) is 1. The number of carboxylic acids is 1. The average molecular weight is 500 g/mol. The third-order valence-corrected chi connectivity index (χ3v) is 4.71. The Kier molecular flexibility index (Phi) is 14.4. The largest absolute Gasteiger partial charge is 2.00 e. The topological polar surface area (TPSA) is 194 Å².